The highest BCUT2D eigenvalue weighted by atomic mass is 32.1. The summed E-state index contributed by atoms with van der Waals surface area (Å²) in [4.78, 5) is 15.1. The van der Waals surface area contributed by atoms with Gasteiger partial charge in [-0.3, -0.25) is 10.1 Å². The standard InChI is InChI=1S/C17H21N3O3S/c1-17(11-21)7-3-6-15(17)18-9-13-10-24-16(19-13)12-4-2-5-14(8-12)20(22)23/h2,4-5,8,10,15,18,21H,3,6-7,9,11H2,1H3. The Morgan fingerprint density at radius 1 is 1.54 bits per heavy atom. The zero-order valence-corrected chi connectivity index (χ0v) is 14.4. The zero-order valence-electron chi connectivity index (χ0n) is 13.6. The molecule has 2 aromatic rings. The van der Waals surface area contributed by atoms with Crippen LogP contribution in [-0.2, 0) is 6.54 Å². The van der Waals surface area contributed by atoms with Crippen molar-refractivity contribution in [3.63, 3.8) is 0 Å². The number of thiazole rings is 1. The monoisotopic (exact) mass is 347 g/mol. The number of nitrogens with zero attached hydrogens (tertiary/aromatic N) is 2. The molecule has 0 radical (unpaired) electrons. The Hall–Kier alpha value is -1.83. The van der Waals surface area contributed by atoms with E-state index in [-0.39, 0.29) is 17.7 Å². The number of nitrogens with one attached hydrogen (secondary N) is 1. The third-order valence-electron chi connectivity index (χ3n) is 4.83. The summed E-state index contributed by atoms with van der Waals surface area (Å²) in [7, 11) is 0. The van der Waals surface area contributed by atoms with Crippen LogP contribution >= 0.6 is 11.3 Å². The Balaban J connectivity index is 1.68. The number of hydrogen-bond donors (Lipinski definition) is 2. The van der Waals surface area contributed by atoms with Crippen LogP contribution in [0.5, 0.6) is 0 Å². The van der Waals surface area contributed by atoms with Gasteiger partial charge >= 0.3 is 0 Å². The van der Waals surface area contributed by atoms with Crippen LogP contribution < -0.4 is 5.32 Å². The first kappa shape index (κ1) is 17.0. The molecule has 1 aromatic heterocycles. The van der Waals surface area contributed by atoms with Gasteiger partial charge in [-0.15, -0.1) is 11.3 Å². The van der Waals surface area contributed by atoms with Gasteiger partial charge in [0.25, 0.3) is 5.69 Å². The van der Waals surface area contributed by atoms with Crippen molar-refractivity contribution in [2.75, 3.05) is 6.61 Å². The molecule has 0 bridgehead atoms. The SMILES string of the molecule is CC1(CO)CCCC1NCc1csc(-c2cccc([N+](=O)[O-])c2)n1. The largest absolute Gasteiger partial charge is 0.396 e. The lowest BCUT2D eigenvalue weighted by Crippen LogP contribution is -2.41. The van der Waals surface area contributed by atoms with E-state index in [1.165, 1.54) is 17.4 Å². The van der Waals surface area contributed by atoms with E-state index < -0.39 is 4.92 Å². The Kier molecular flexibility index (Phi) is 4.93. The molecule has 2 N–H and O–H groups in total. The average Bonchev–Trinajstić information content (AvgIpc) is 3.20. The van der Waals surface area contributed by atoms with Gasteiger partial charge in [0.15, 0.2) is 0 Å². The third-order valence-corrected chi connectivity index (χ3v) is 5.77. The van der Waals surface area contributed by atoms with E-state index >= 15 is 0 Å². The summed E-state index contributed by atoms with van der Waals surface area (Å²) in [6.45, 7) is 2.96. The number of rotatable bonds is 6. The lowest BCUT2D eigenvalue weighted by Gasteiger charge is -2.30. The van der Waals surface area contributed by atoms with Gasteiger partial charge in [-0.05, 0) is 12.8 Å². The third kappa shape index (κ3) is 3.48. The van der Waals surface area contributed by atoms with Crippen LogP contribution in [0.2, 0.25) is 0 Å². The number of aromatic nitrogens is 1. The van der Waals surface area contributed by atoms with Gasteiger partial charge in [-0.1, -0.05) is 25.5 Å². The van der Waals surface area contributed by atoms with Gasteiger partial charge in [0.2, 0.25) is 0 Å². The highest BCUT2D eigenvalue weighted by Gasteiger charge is 2.37. The number of benzene rings is 1. The van der Waals surface area contributed by atoms with E-state index in [1.807, 2.05) is 11.4 Å². The van der Waals surface area contributed by atoms with Gasteiger partial charge in [-0.25, -0.2) is 4.98 Å². The van der Waals surface area contributed by atoms with E-state index in [2.05, 4.69) is 17.2 Å². The number of aliphatic hydroxyl groups is 1. The maximum atomic E-state index is 10.9. The van der Waals surface area contributed by atoms with E-state index in [1.54, 1.807) is 12.1 Å². The van der Waals surface area contributed by atoms with E-state index in [0.29, 0.717) is 12.6 Å². The van der Waals surface area contributed by atoms with Crippen LogP contribution in [0, 0.1) is 15.5 Å². The number of nitro groups is 1. The molecule has 1 fully saturated rings. The second kappa shape index (κ2) is 6.96. The van der Waals surface area contributed by atoms with Crippen LogP contribution in [0.3, 0.4) is 0 Å². The van der Waals surface area contributed by atoms with E-state index in [4.69, 9.17) is 0 Å². The van der Waals surface area contributed by atoms with Gasteiger partial charge in [-0.2, -0.15) is 0 Å². The summed E-state index contributed by atoms with van der Waals surface area (Å²) in [5.74, 6) is 0. The van der Waals surface area contributed by atoms with Gasteiger partial charge in [0.05, 0.1) is 10.6 Å². The van der Waals surface area contributed by atoms with Crippen molar-refractivity contribution in [1.82, 2.24) is 10.3 Å². The highest BCUT2D eigenvalue weighted by Crippen LogP contribution is 2.37. The summed E-state index contributed by atoms with van der Waals surface area (Å²) in [6.07, 6.45) is 3.24. The fourth-order valence-corrected chi connectivity index (χ4v) is 4.09. The van der Waals surface area contributed by atoms with Crippen LogP contribution in [0.25, 0.3) is 10.6 Å². The predicted octanol–water partition coefficient (Wildman–Crippen LogP) is 3.36. The maximum absolute atomic E-state index is 10.9. The van der Waals surface area contributed by atoms with Crippen LogP contribution in [0.1, 0.15) is 31.9 Å². The smallest absolute Gasteiger partial charge is 0.270 e. The highest BCUT2D eigenvalue weighted by molar-refractivity contribution is 7.13. The van der Waals surface area contributed by atoms with Gasteiger partial charge < -0.3 is 10.4 Å². The van der Waals surface area contributed by atoms with Gasteiger partial charge in [0, 0.05) is 47.7 Å². The molecule has 2 unspecified atom stereocenters. The summed E-state index contributed by atoms with van der Waals surface area (Å²) in [6, 6.07) is 6.84. The van der Waals surface area contributed by atoms with E-state index in [0.717, 1.165) is 35.5 Å². The molecule has 128 valence electrons. The normalized spacial score (nSPS) is 23.5. The molecule has 1 heterocycles. The number of hydrogen-bond acceptors (Lipinski definition) is 6. The molecule has 24 heavy (non-hydrogen) atoms. The van der Waals surface area contributed by atoms with Gasteiger partial charge in [0.1, 0.15) is 5.01 Å². The lowest BCUT2D eigenvalue weighted by molar-refractivity contribution is -0.384. The summed E-state index contributed by atoms with van der Waals surface area (Å²) < 4.78 is 0. The molecule has 1 aliphatic rings. The molecular weight excluding hydrogens is 326 g/mol. The fourth-order valence-electron chi connectivity index (χ4n) is 3.27. The Morgan fingerprint density at radius 2 is 2.38 bits per heavy atom. The predicted molar refractivity (Wildman–Crippen MR) is 93.9 cm³/mol. The Morgan fingerprint density at radius 3 is 3.12 bits per heavy atom. The first-order chi connectivity index (χ1) is 11.5. The van der Waals surface area contributed by atoms with Crippen LogP contribution in [0.15, 0.2) is 29.6 Å². The molecule has 2 atom stereocenters. The molecule has 0 amide bonds. The van der Waals surface area contributed by atoms with Crippen molar-refractivity contribution >= 4 is 17.0 Å². The van der Waals surface area contributed by atoms with E-state index in [9.17, 15) is 15.2 Å². The molecule has 3 rings (SSSR count). The fraction of sp³-hybridized carbons (Fsp3) is 0.471. The molecule has 0 spiro atoms. The second-order valence-corrected chi connectivity index (χ2v) is 7.45. The summed E-state index contributed by atoms with van der Waals surface area (Å²) >= 11 is 1.49. The van der Waals surface area contributed by atoms with Crippen LogP contribution in [0.4, 0.5) is 5.69 Å². The first-order valence-electron chi connectivity index (χ1n) is 8.05. The molecule has 0 aliphatic heterocycles. The lowest BCUT2D eigenvalue weighted by atomic mass is 9.86. The quantitative estimate of drug-likeness (QED) is 0.618. The summed E-state index contributed by atoms with van der Waals surface area (Å²) in [5.41, 5.74) is 1.71. The van der Waals surface area contributed by atoms with Crippen molar-refractivity contribution in [1.29, 1.82) is 0 Å². The molecule has 7 heteroatoms. The molecule has 0 saturated heterocycles. The Bertz CT molecular complexity index is 733. The summed E-state index contributed by atoms with van der Waals surface area (Å²) in [5, 5.41) is 26.8. The van der Waals surface area contributed by atoms with Crippen molar-refractivity contribution in [3.05, 3.63) is 45.5 Å². The molecule has 1 saturated carbocycles. The van der Waals surface area contributed by atoms with Crippen molar-refractivity contribution in [2.45, 2.75) is 38.8 Å². The number of aliphatic hydroxyl groups excluding tert-OH is 1. The Labute approximate surface area is 144 Å². The molecule has 1 aromatic carbocycles. The first-order valence-corrected chi connectivity index (χ1v) is 8.93. The average molecular weight is 347 g/mol. The van der Waals surface area contributed by atoms with Crippen molar-refractivity contribution in [2.24, 2.45) is 5.41 Å². The number of non-ortho nitro benzene ring substituents is 1. The minimum absolute atomic E-state index is 0.0567. The van der Waals surface area contributed by atoms with Crippen molar-refractivity contribution in [3.8, 4) is 10.6 Å². The molecule has 6 nitrogen and oxygen atoms in total. The minimum atomic E-state index is -0.393. The molecule has 1 aliphatic carbocycles. The second-order valence-electron chi connectivity index (χ2n) is 6.59. The maximum Gasteiger partial charge on any atom is 0.270 e. The van der Waals surface area contributed by atoms with Crippen molar-refractivity contribution < 1.29 is 10.0 Å². The number of nitro benzene ring substituents is 1. The zero-order chi connectivity index (χ0) is 17.2. The topological polar surface area (TPSA) is 88.3 Å². The van der Waals surface area contributed by atoms with Crippen LogP contribution in [-0.4, -0.2) is 27.7 Å². The molecular formula is C17H21N3O3S. The minimum Gasteiger partial charge on any atom is -0.396 e.